The zero-order valence-electron chi connectivity index (χ0n) is 17.7. The number of methoxy groups -OCH3 is 2. The molecule has 1 N–H and O–H groups in total. The summed E-state index contributed by atoms with van der Waals surface area (Å²) >= 11 is 0. The minimum atomic E-state index is -0.399. The van der Waals surface area contributed by atoms with E-state index in [-0.39, 0.29) is 5.76 Å². The predicted molar refractivity (Wildman–Crippen MR) is 116 cm³/mol. The van der Waals surface area contributed by atoms with E-state index in [0.29, 0.717) is 17.5 Å². The Hall–Kier alpha value is -3.61. The Kier molecular flexibility index (Phi) is 4.81. The van der Waals surface area contributed by atoms with Crippen LogP contribution in [0, 0.1) is 5.41 Å². The lowest BCUT2D eigenvalue weighted by Crippen LogP contribution is -2.08. The summed E-state index contributed by atoms with van der Waals surface area (Å²) in [6, 6.07) is 13.4. The van der Waals surface area contributed by atoms with Crippen LogP contribution in [0.3, 0.4) is 0 Å². The fourth-order valence-electron chi connectivity index (χ4n) is 3.10. The molecule has 0 atom stereocenters. The zero-order valence-corrected chi connectivity index (χ0v) is 17.7. The second kappa shape index (κ2) is 7.33. The van der Waals surface area contributed by atoms with Gasteiger partial charge in [-0.1, -0.05) is 20.8 Å². The molecular formula is C23H24N4O3. The van der Waals surface area contributed by atoms with Crippen molar-refractivity contribution in [2.75, 3.05) is 14.2 Å². The van der Waals surface area contributed by atoms with Crippen LogP contribution in [0.5, 0.6) is 11.5 Å². The van der Waals surface area contributed by atoms with Crippen molar-refractivity contribution in [2.45, 2.75) is 20.8 Å². The van der Waals surface area contributed by atoms with Gasteiger partial charge in [-0.15, -0.1) is 0 Å². The molecule has 7 nitrogen and oxygen atoms in total. The third-order valence-electron chi connectivity index (χ3n) is 4.87. The highest BCUT2D eigenvalue weighted by Crippen LogP contribution is 2.31. The highest BCUT2D eigenvalue weighted by molar-refractivity contribution is 5.83. The molecule has 0 saturated heterocycles. The van der Waals surface area contributed by atoms with Crippen molar-refractivity contribution in [1.82, 2.24) is 19.5 Å². The van der Waals surface area contributed by atoms with Crippen molar-refractivity contribution in [3.63, 3.8) is 0 Å². The van der Waals surface area contributed by atoms with E-state index < -0.39 is 5.41 Å². The molecule has 0 fully saturated rings. The summed E-state index contributed by atoms with van der Waals surface area (Å²) in [4.78, 5) is 13.9. The molecule has 2 aliphatic rings. The average Bonchev–Trinajstić information content (AvgIpc) is 3.12. The third-order valence-corrected chi connectivity index (χ3v) is 4.87. The topological polar surface area (TPSA) is 82.3 Å². The Morgan fingerprint density at radius 2 is 1.60 bits per heavy atom. The van der Waals surface area contributed by atoms with E-state index in [1.54, 1.807) is 20.3 Å². The number of aliphatic hydroxyl groups is 1. The molecular weight excluding hydrogens is 380 g/mol. The van der Waals surface area contributed by atoms with Crippen molar-refractivity contribution in [3.8, 4) is 28.8 Å². The number of hydrogen-bond acceptors (Lipinski definition) is 6. The predicted octanol–water partition coefficient (Wildman–Crippen LogP) is 4.88. The largest absolute Gasteiger partial charge is 0.512 e. The van der Waals surface area contributed by atoms with Crippen LogP contribution in [0.25, 0.3) is 34.4 Å². The first-order valence-corrected chi connectivity index (χ1v) is 9.60. The van der Waals surface area contributed by atoms with E-state index in [9.17, 15) is 5.11 Å². The summed E-state index contributed by atoms with van der Waals surface area (Å²) in [7, 11) is 3.27. The summed E-state index contributed by atoms with van der Waals surface area (Å²) in [6.45, 7) is 5.79. The molecule has 2 aromatic rings. The number of aliphatic hydroxyl groups excluding tert-OH is 1. The fourth-order valence-corrected chi connectivity index (χ4v) is 3.10. The maximum Gasteiger partial charge on any atom is 0.199 e. The summed E-state index contributed by atoms with van der Waals surface area (Å²) in [5.41, 5.74) is 2.08. The number of fused-ring (bicyclic) bond motifs is 2. The van der Waals surface area contributed by atoms with E-state index in [0.717, 1.165) is 28.2 Å². The summed E-state index contributed by atoms with van der Waals surface area (Å²) in [5.74, 6) is 3.19. The molecule has 2 aliphatic heterocycles. The Labute approximate surface area is 175 Å². The first-order valence-electron chi connectivity index (χ1n) is 9.60. The van der Waals surface area contributed by atoms with E-state index >= 15 is 0 Å². The highest BCUT2D eigenvalue weighted by atomic mass is 16.5. The molecule has 2 aromatic carbocycles. The van der Waals surface area contributed by atoms with Gasteiger partial charge in [-0.2, -0.15) is 0 Å². The molecule has 7 heteroatoms. The van der Waals surface area contributed by atoms with Crippen molar-refractivity contribution in [1.29, 1.82) is 0 Å². The van der Waals surface area contributed by atoms with Crippen LogP contribution >= 0.6 is 0 Å². The standard InChI is InChI=1S/C23H24N4O3/c1-23(2,3)19(28)13-20-25-21-22(26-20)27(14-6-8-15(29-4)9-7-14)18-12-16(30-5)10-11-17(18)24-21/h6-13,28H,1-5H3/b19-13-. The van der Waals surface area contributed by atoms with Gasteiger partial charge in [0.2, 0.25) is 0 Å². The second-order valence-corrected chi connectivity index (χ2v) is 8.01. The van der Waals surface area contributed by atoms with Crippen LogP contribution in [0.15, 0.2) is 48.2 Å². The van der Waals surface area contributed by atoms with Gasteiger partial charge in [0, 0.05) is 23.2 Å². The number of aromatic nitrogens is 4. The van der Waals surface area contributed by atoms with Crippen molar-refractivity contribution in [3.05, 3.63) is 54.0 Å². The smallest absolute Gasteiger partial charge is 0.199 e. The maximum atomic E-state index is 10.4. The number of benzene rings is 2. The zero-order chi connectivity index (χ0) is 21.5. The van der Waals surface area contributed by atoms with Gasteiger partial charge in [0.1, 0.15) is 17.3 Å². The van der Waals surface area contributed by atoms with Crippen LogP contribution in [-0.2, 0) is 0 Å². The second-order valence-electron chi connectivity index (χ2n) is 8.01. The van der Waals surface area contributed by atoms with Crippen molar-refractivity contribution < 1.29 is 14.6 Å². The highest BCUT2D eigenvalue weighted by Gasteiger charge is 2.22. The number of imidazole rings is 1. The monoisotopic (exact) mass is 404 g/mol. The first-order chi connectivity index (χ1) is 14.3. The van der Waals surface area contributed by atoms with E-state index in [4.69, 9.17) is 9.47 Å². The van der Waals surface area contributed by atoms with Gasteiger partial charge < -0.3 is 14.6 Å². The molecule has 154 valence electrons. The third kappa shape index (κ3) is 3.54. The van der Waals surface area contributed by atoms with Crippen LogP contribution < -0.4 is 9.47 Å². The van der Waals surface area contributed by atoms with Gasteiger partial charge in [-0.05, 0) is 36.4 Å². The van der Waals surface area contributed by atoms with Crippen molar-refractivity contribution >= 4 is 17.1 Å². The number of rotatable bonds is 4. The van der Waals surface area contributed by atoms with Gasteiger partial charge in [0.05, 0.1) is 25.3 Å². The molecule has 0 bridgehead atoms. The minimum absolute atomic E-state index is 0.208. The Balaban J connectivity index is 2.00. The molecule has 0 radical (unpaired) electrons. The lowest BCUT2D eigenvalue weighted by Gasteiger charge is -2.16. The normalized spacial score (nSPS) is 12.5. The SMILES string of the molecule is COc1ccc(-n2c3nc(/C=C(\O)C(C)(C)C)nc-3nc3ccc(OC)cc32)cc1. The van der Waals surface area contributed by atoms with Crippen LogP contribution in [-0.4, -0.2) is 38.8 Å². The number of allylic oxidation sites excluding steroid dienone is 1. The van der Waals surface area contributed by atoms with Gasteiger partial charge in [-0.3, -0.25) is 4.57 Å². The Bertz CT molecular complexity index is 1200. The lowest BCUT2D eigenvalue weighted by molar-refractivity contribution is 0.282. The van der Waals surface area contributed by atoms with Gasteiger partial charge in [0.25, 0.3) is 0 Å². The molecule has 2 heterocycles. The Morgan fingerprint density at radius 1 is 0.933 bits per heavy atom. The Morgan fingerprint density at radius 3 is 2.23 bits per heavy atom. The number of ether oxygens (including phenoxy) is 2. The van der Waals surface area contributed by atoms with E-state index in [2.05, 4.69) is 15.0 Å². The summed E-state index contributed by atoms with van der Waals surface area (Å²) in [6.07, 6.45) is 1.59. The molecule has 30 heavy (non-hydrogen) atoms. The van der Waals surface area contributed by atoms with Crippen LogP contribution in [0.2, 0.25) is 0 Å². The van der Waals surface area contributed by atoms with Gasteiger partial charge >= 0.3 is 0 Å². The van der Waals surface area contributed by atoms with Crippen LogP contribution in [0.4, 0.5) is 0 Å². The molecule has 0 aromatic heterocycles. The number of nitrogens with zero attached hydrogens (tertiary/aromatic N) is 4. The van der Waals surface area contributed by atoms with Gasteiger partial charge in [-0.25, -0.2) is 15.0 Å². The lowest BCUT2D eigenvalue weighted by atomic mass is 9.94. The van der Waals surface area contributed by atoms with Crippen molar-refractivity contribution in [2.24, 2.45) is 5.41 Å². The number of hydrogen-bond donors (Lipinski definition) is 1. The molecule has 0 aliphatic carbocycles. The minimum Gasteiger partial charge on any atom is -0.512 e. The molecule has 0 spiro atoms. The molecule has 0 amide bonds. The van der Waals surface area contributed by atoms with Gasteiger partial charge in [0.15, 0.2) is 17.5 Å². The molecule has 0 unspecified atom stereocenters. The van der Waals surface area contributed by atoms with E-state index in [1.807, 2.05) is 67.8 Å². The quantitative estimate of drug-likeness (QED) is 0.488. The molecule has 4 rings (SSSR count). The molecule has 0 saturated carbocycles. The van der Waals surface area contributed by atoms with E-state index in [1.165, 1.54) is 0 Å². The van der Waals surface area contributed by atoms with Crippen LogP contribution in [0.1, 0.15) is 26.6 Å². The fraction of sp³-hybridized carbons (Fsp3) is 0.261. The maximum absolute atomic E-state index is 10.4. The first kappa shape index (κ1) is 19.7. The summed E-state index contributed by atoms with van der Waals surface area (Å²) < 4.78 is 12.7. The summed E-state index contributed by atoms with van der Waals surface area (Å²) in [5, 5.41) is 10.4. The average molecular weight is 404 g/mol.